The van der Waals surface area contributed by atoms with E-state index in [1.165, 1.54) is 4.90 Å². The largest absolute Gasteiger partial charge is 0.491 e. The lowest BCUT2D eigenvalue weighted by molar-refractivity contribution is -0.261. The SMILES string of the molecule is [N-]=[N+]=N[C@H]1C[C@@H](N=[N+]=[N-])[C@H](O)[C@@H](O)[C@@H]1O[C@H]1O[C@H]([C@@H](COc2ccccc2)N(Cc2ccccc2)C(=O)OCc2ccccc2)CC[C@H]1N=[N+]=[N-]. The van der Waals surface area contributed by atoms with E-state index in [0.717, 1.165) is 11.1 Å². The summed E-state index contributed by atoms with van der Waals surface area (Å²) >= 11 is 0. The summed E-state index contributed by atoms with van der Waals surface area (Å²) in [6.07, 6.45) is -6.80. The van der Waals surface area contributed by atoms with Gasteiger partial charge in [-0.25, -0.2) is 4.79 Å². The van der Waals surface area contributed by atoms with Crippen LogP contribution in [0.3, 0.4) is 0 Å². The van der Waals surface area contributed by atoms with Crippen LogP contribution in [-0.2, 0) is 27.4 Å². The maximum Gasteiger partial charge on any atom is 0.410 e. The van der Waals surface area contributed by atoms with E-state index in [1.54, 1.807) is 12.1 Å². The maximum atomic E-state index is 14.0. The highest BCUT2D eigenvalue weighted by molar-refractivity contribution is 5.68. The van der Waals surface area contributed by atoms with Crippen LogP contribution in [0.4, 0.5) is 4.79 Å². The highest BCUT2D eigenvalue weighted by atomic mass is 16.7. The Kier molecular flexibility index (Phi) is 13.3. The monoisotopic (exact) mass is 698 g/mol. The van der Waals surface area contributed by atoms with E-state index in [4.69, 9.17) is 24.5 Å². The molecule has 1 saturated heterocycles. The first-order valence-electron chi connectivity index (χ1n) is 16.4. The van der Waals surface area contributed by atoms with Gasteiger partial charge in [-0.15, -0.1) is 0 Å². The molecule has 1 amide bonds. The van der Waals surface area contributed by atoms with Crippen molar-refractivity contribution in [2.45, 2.75) is 87.3 Å². The van der Waals surface area contributed by atoms with Crippen LogP contribution in [0.2, 0.25) is 0 Å². The van der Waals surface area contributed by atoms with Gasteiger partial charge in [0.1, 0.15) is 25.1 Å². The summed E-state index contributed by atoms with van der Waals surface area (Å²) in [4.78, 5) is 24.1. The number of aliphatic hydroxyl groups is 2. The van der Waals surface area contributed by atoms with Gasteiger partial charge in [0.2, 0.25) is 0 Å². The number of azide groups is 3. The number of ether oxygens (including phenoxy) is 4. The van der Waals surface area contributed by atoms with Crippen molar-refractivity contribution in [2.24, 2.45) is 15.3 Å². The van der Waals surface area contributed by atoms with Gasteiger partial charge in [-0.1, -0.05) is 94.2 Å². The molecule has 17 heteroatoms. The Morgan fingerprint density at radius 3 is 2.04 bits per heavy atom. The molecule has 51 heavy (non-hydrogen) atoms. The minimum absolute atomic E-state index is 0.0208. The minimum Gasteiger partial charge on any atom is -0.491 e. The molecule has 0 radical (unpaired) electrons. The smallest absolute Gasteiger partial charge is 0.410 e. The maximum absolute atomic E-state index is 14.0. The number of carbonyl (C=O) groups excluding carboxylic acids is 1. The molecular weight excluding hydrogens is 660 g/mol. The first kappa shape index (κ1) is 36.8. The van der Waals surface area contributed by atoms with Crippen LogP contribution in [0.5, 0.6) is 5.75 Å². The standard InChI is InChI=1S/C34H38N10O7/c35-41-38-25-16-17-29(50-33(25)51-32-27(40-43-37)18-26(39-42-36)30(45)31(32)46)28(21-48-24-14-8-3-9-15-24)44(19-22-10-4-1-5-11-22)34(47)49-20-23-12-6-2-7-13-23/h1-15,25-33,45-46H,16-21H2/t25-,26-,27+,28-,29+,30+,31-,32-,33-/m1/s1. The molecule has 17 nitrogen and oxygen atoms in total. The second kappa shape index (κ2) is 18.5. The van der Waals surface area contributed by atoms with Crippen LogP contribution in [0, 0.1) is 0 Å². The lowest BCUT2D eigenvalue weighted by atomic mass is 9.84. The molecule has 1 aliphatic heterocycles. The van der Waals surface area contributed by atoms with Crippen molar-refractivity contribution >= 4 is 6.09 Å². The van der Waals surface area contributed by atoms with Crippen LogP contribution in [-0.4, -0.2) is 82.7 Å². The summed E-state index contributed by atoms with van der Waals surface area (Å²) in [5, 5.41) is 32.9. The molecule has 1 aliphatic carbocycles. The number of para-hydroxylation sites is 1. The number of carbonyl (C=O) groups is 1. The highest BCUT2D eigenvalue weighted by Gasteiger charge is 2.47. The molecule has 5 rings (SSSR count). The molecule has 0 aromatic heterocycles. The Morgan fingerprint density at radius 2 is 1.39 bits per heavy atom. The van der Waals surface area contributed by atoms with E-state index in [9.17, 15) is 26.1 Å². The molecule has 3 aromatic rings. The molecule has 9 atom stereocenters. The summed E-state index contributed by atoms with van der Waals surface area (Å²) in [5.41, 5.74) is 29.2. The third-order valence-corrected chi connectivity index (χ3v) is 8.83. The fraction of sp³-hybridized carbons (Fsp3) is 0.441. The van der Waals surface area contributed by atoms with E-state index < -0.39 is 61.0 Å². The predicted octanol–water partition coefficient (Wildman–Crippen LogP) is 6.33. The molecule has 1 saturated carbocycles. The normalized spacial score (nSPS) is 26.2. The van der Waals surface area contributed by atoms with Gasteiger partial charge in [-0.05, 0) is 59.1 Å². The minimum atomic E-state index is -1.65. The third kappa shape index (κ3) is 9.81. The third-order valence-electron chi connectivity index (χ3n) is 8.83. The fourth-order valence-electron chi connectivity index (χ4n) is 6.24. The number of benzene rings is 3. The van der Waals surface area contributed by atoms with Crippen LogP contribution in [0.25, 0.3) is 31.3 Å². The van der Waals surface area contributed by atoms with Crippen LogP contribution >= 0.6 is 0 Å². The van der Waals surface area contributed by atoms with Crippen molar-refractivity contribution in [3.8, 4) is 5.75 Å². The van der Waals surface area contributed by atoms with E-state index in [0.29, 0.717) is 12.2 Å². The average Bonchev–Trinajstić information content (AvgIpc) is 3.16. The summed E-state index contributed by atoms with van der Waals surface area (Å²) in [7, 11) is 0. The van der Waals surface area contributed by atoms with Gasteiger partial charge < -0.3 is 29.2 Å². The summed E-state index contributed by atoms with van der Waals surface area (Å²) in [6.45, 7) is 0.128. The van der Waals surface area contributed by atoms with Gasteiger partial charge in [-0.2, -0.15) is 0 Å². The van der Waals surface area contributed by atoms with Crippen molar-refractivity contribution in [1.29, 1.82) is 0 Å². The fourth-order valence-corrected chi connectivity index (χ4v) is 6.24. The summed E-state index contributed by atoms with van der Waals surface area (Å²) in [5.74, 6) is 0.557. The number of nitrogens with zero attached hydrogens (tertiary/aromatic N) is 10. The Balaban J connectivity index is 1.46. The molecule has 2 N–H and O–H groups in total. The molecule has 2 fully saturated rings. The average molecular weight is 699 g/mol. The molecule has 3 aromatic carbocycles. The molecule has 2 aliphatic rings. The van der Waals surface area contributed by atoms with Gasteiger partial charge in [-0.3, -0.25) is 4.90 Å². The molecule has 266 valence electrons. The number of hydrogen-bond donors (Lipinski definition) is 2. The molecule has 0 unspecified atom stereocenters. The van der Waals surface area contributed by atoms with Gasteiger partial charge in [0.25, 0.3) is 0 Å². The van der Waals surface area contributed by atoms with Crippen LogP contribution in [0.15, 0.2) is 106 Å². The summed E-state index contributed by atoms with van der Waals surface area (Å²) in [6, 6.07) is 23.9. The summed E-state index contributed by atoms with van der Waals surface area (Å²) < 4.78 is 24.7. The highest BCUT2D eigenvalue weighted by Crippen LogP contribution is 2.34. The van der Waals surface area contributed by atoms with E-state index in [-0.39, 0.29) is 32.6 Å². The van der Waals surface area contributed by atoms with Crippen molar-refractivity contribution in [3.63, 3.8) is 0 Å². The number of hydrogen-bond acceptors (Lipinski definition) is 10. The first-order valence-corrected chi connectivity index (χ1v) is 16.4. The molecular formula is C34H38N10O7. The zero-order valence-corrected chi connectivity index (χ0v) is 27.5. The quantitative estimate of drug-likeness (QED) is 0.110. The Bertz CT molecular complexity index is 1710. The zero-order chi connectivity index (χ0) is 36.0. The lowest BCUT2D eigenvalue weighted by Gasteiger charge is -2.45. The van der Waals surface area contributed by atoms with E-state index in [2.05, 4.69) is 30.1 Å². The number of rotatable bonds is 14. The van der Waals surface area contributed by atoms with Gasteiger partial charge >= 0.3 is 6.09 Å². The zero-order valence-electron chi connectivity index (χ0n) is 27.5. The van der Waals surface area contributed by atoms with Gasteiger partial charge in [0.15, 0.2) is 6.29 Å². The van der Waals surface area contributed by atoms with Crippen molar-refractivity contribution in [3.05, 3.63) is 133 Å². The first-order chi connectivity index (χ1) is 24.9. The number of amides is 1. The number of aliphatic hydroxyl groups excluding tert-OH is 2. The van der Waals surface area contributed by atoms with E-state index >= 15 is 0 Å². The predicted molar refractivity (Wildman–Crippen MR) is 183 cm³/mol. The topological polar surface area (TPSA) is 244 Å². The van der Waals surface area contributed by atoms with Gasteiger partial charge in [0, 0.05) is 21.3 Å². The molecule has 0 spiro atoms. The van der Waals surface area contributed by atoms with Crippen molar-refractivity contribution in [1.82, 2.24) is 4.90 Å². The molecule has 0 bridgehead atoms. The van der Waals surface area contributed by atoms with Crippen molar-refractivity contribution in [2.75, 3.05) is 6.61 Å². The Labute approximate surface area is 293 Å². The van der Waals surface area contributed by atoms with E-state index in [1.807, 2.05) is 78.9 Å². The second-order valence-corrected chi connectivity index (χ2v) is 12.1. The van der Waals surface area contributed by atoms with Crippen LogP contribution in [0.1, 0.15) is 30.4 Å². The second-order valence-electron chi connectivity index (χ2n) is 12.1. The Hall–Kier alpha value is -5.50. The molecule has 1 heterocycles. The lowest BCUT2D eigenvalue weighted by Crippen LogP contribution is -2.59. The van der Waals surface area contributed by atoms with Gasteiger partial charge in [0.05, 0.1) is 42.5 Å². The van der Waals surface area contributed by atoms with Crippen LogP contribution < -0.4 is 4.74 Å². The van der Waals surface area contributed by atoms with Crippen molar-refractivity contribution < 1.29 is 34.0 Å². The Morgan fingerprint density at radius 1 is 0.804 bits per heavy atom.